The SMILES string of the molecule is O=S(=O)(NCC1CCCNC1)c1c(Cl)cc(Cl)cc1Cl. The monoisotopic (exact) mass is 356 g/mol. The Morgan fingerprint density at radius 2 is 1.90 bits per heavy atom. The third kappa shape index (κ3) is 4.00. The highest BCUT2D eigenvalue weighted by atomic mass is 35.5. The van der Waals surface area contributed by atoms with E-state index < -0.39 is 10.0 Å². The molecule has 1 saturated heterocycles. The van der Waals surface area contributed by atoms with E-state index in [0.29, 0.717) is 11.6 Å². The van der Waals surface area contributed by atoms with Crippen molar-refractivity contribution in [1.82, 2.24) is 10.0 Å². The zero-order valence-corrected chi connectivity index (χ0v) is 13.7. The molecule has 1 aromatic carbocycles. The summed E-state index contributed by atoms with van der Waals surface area (Å²) in [4.78, 5) is -0.117. The second kappa shape index (κ2) is 6.81. The summed E-state index contributed by atoms with van der Waals surface area (Å²) >= 11 is 17.7. The summed E-state index contributed by atoms with van der Waals surface area (Å²) in [6.45, 7) is 2.16. The van der Waals surface area contributed by atoms with Crippen molar-refractivity contribution in [2.24, 2.45) is 5.92 Å². The molecule has 2 N–H and O–H groups in total. The number of benzene rings is 1. The van der Waals surface area contributed by atoms with Crippen molar-refractivity contribution in [3.05, 3.63) is 27.2 Å². The van der Waals surface area contributed by atoms with Crippen molar-refractivity contribution in [3.63, 3.8) is 0 Å². The number of sulfonamides is 1. The molecule has 1 fully saturated rings. The van der Waals surface area contributed by atoms with Gasteiger partial charge in [0, 0.05) is 11.6 Å². The van der Waals surface area contributed by atoms with Gasteiger partial charge >= 0.3 is 0 Å². The van der Waals surface area contributed by atoms with Crippen LogP contribution in [0.4, 0.5) is 0 Å². The quantitative estimate of drug-likeness (QED) is 0.871. The molecule has 1 aliphatic heterocycles. The maximum absolute atomic E-state index is 12.3. The van der Waals surface area contributed by atoms with Crippen LogP contribution >= 0.6 is 34.8 Å². The fraction of sp³-hybridized carbons (Fsp3) is 0.500. The van der Waals surface area contributed by atoms with Gasteiger partial charge in [-0.1, -0.05) is 34.8 Å². The van der Waals surface area contributed by atoms with Crippen LogP contribution in [0.1, 0.15) is 12.8 Å². The van der Waals surface area contributed by atoms with Crippen LogP contribution in [-0.2, 0) is 10.0 Å². The van der Waals surface area contributed by atoms with Crippen molar-refractivity contribution < 1.29 is 8.42 Å². The van der Waals surface area contributed by atoms with E-state index in [0.717, 1.165) is 25.9 Å². The van der Waals surface area contributed by atoms with Crippen LogP contribution in [0.5, 0.6) is 0 Å². The van der Waals surface area contributed by atoms with Gasteiger partial charge in [-0.15, -0.1) is 0 Å². The van der Waals surface area contributed by atoms with E-state index in [9.17, 15) is 8.42 Å². The summed E-state index contributed by atoms with van der Waals surface area (Å²) in [5.74, 6) is 0.281. The molecule has 0 saturated carbocycles. The number of hydrogen-bond donors (Lipinski definition) is 2. The van der Waals surface area contributed by atoms with Gasteiger partial charge in [-0.3, -0.25) is 0 Å². The first-order chi connectivity index (χ1) is 9.40. The molecule has 112 valence electrons. The molecule has 0 spiro atoms. The van der Waals surface area contributed by atoms with E-state index in [1.807, 2.05) is 0 Å². The van der Waals surface area contributed by atoms with Crippen LogP contribution in [0, 0.1) is 5.92 Å². The van der Waals surface area contributed by atoms with Gasteiger partial charge in [0.05, 0.1) is 10.0 Å². The van der Waals surface area contributed by atoms with Crippen molar-refractivity contribution >= 4 is 44.8 Å². The smallest absolute Gasteiger partial charge is 0.243 e. The second-order valence-electron chi connectivity index (χ2n) is 4.76. The Hall–Kier alpha value is -0.0400. The number of nitrogens with one attached hydrogen (secondary N) is 2. The average molecular weight is 358 g/mol. The first kappa shape index (κ1) is 16.3. The third-order valence-corrected chi connectivity index (χ3v) is 5.76. The Bertz CT molecular complexity index is 563. The highest BCUT2D eigenvalue weighted by Gasteiger charge is 2.24. The lowest BCUT2D eigenvalue weighted by Crippen LogP contribution is -2.38. The van der Waals surface area contributed by atoms with Gasteiger partial charge in [-0.25, -0.2) is 13.1 Å². The van der Waals surface area contributed by atoms with E-state index in [2.05, 4.69) is 10.0 Å². The maximum Gasteiger partial charge on any atom is 0.243 e. The van der Waals surface area contributed by atoms with Crippen molar-refractivity contribution in [2.75, 3.05) is 19.6 Å². The van der Waals surface area contributed by atoms with Gasteiger partial charge in [0.15, 0.2) is 0 Å². The molecule has 2 rings (SSSR count). The van der Waals surface area contributed by atoms with Crippen LogP contribution in [0.2, 0.25) is 15.1 Å². The van der Waals surface area contributed by atoms with Crippen LogP contribution in [0.3, 0.4) is 0 Å². The van der Waals surface area contributed by atoms with E-state index in [1.165, 1.54) is 12.1 Å². The molecule has 0 aliphatic carbocycles. The minimum atomic E-state index is -3.74. The first-order valence-electron chi connectivity index (χ1n) is 6.25. The Morgan fingerprint density at radius 3 is 2.45 bits per heavy atom. The minimum absolute atomic E-state index is 0.0248. The lowest BCUT2D eigenvalue weighted by molar-refractivity contribution is 0.376. The molecule has 0 amide bonds. The molecular weight excluding hydrogens is 343 g/mol. The fourth-order valence-electron chi connectivity index (χ4n) is 2.18. The maximum atomic E-state index is 12.3. The van der Waals surface area contributed by atoms with Crippen LogP contribution in [-0.4, -0.2) is 28.1 Å². The van der Waals surface area contributed by atoms with Gasteiger partial charge in [0.2, 0.25) is 10.0 Å². The van der Waals surface area contributed by atoms with Gasteiger partial charge < -0.3 is 5.32 Å². The standard InChI is InChI=1S/C12H15Cl3N2O2S/c13-9-4-10(14)12(11(15)5-9)20(18,19)17-7-8-2-1-3-16-6-8/h4-5,8,16-17H,1-3,6-7H2. The van der Waals surface area contributed by atoms with Gasteiger partial charge in [-0.2, -0.15) is 0 Å². The molecule has 1 heterocycles. The molecule has 8 heteroatoms. The Balaban J connectivity index is 2.14. The fourth-order valence-corrected chi connectivity index (χ4v) is 4.84. The highest BCUT2D eigenvalue weighted by molar-refractivity contribution is 7.89. The molecule has 4 nitrogen and oxygen atoms in total. The van der Waals surface area contributed by atoms with E-state index in [1.54, 1.807) is 0 Å². The number of halogens is 3. The summed E-state index contributed by atoms with van der Waals surface area (Å²) in [6.07, 6.45) is 2.05. The van der Waals surface area contributed by atoms with Crippen LogP contribution < -0.4 is 10.0 Å². The Morgan fingerprint density at radius 1 is 1.25 bits per heavy atom. The van der Waals surface area contributed by atoms with Crippen LogP contribution in [0.25, 0.3) is 0 Å². The van der Waals surface area contributed by atoms with Crippen molar-refractivity contribution in [3.8, 4) is 0 Å². The largest absolute Gasteiger partial charge is 0.316 e. The third-order valence-electron chi connectivity index (χ3n) is 3.19. The predicted molar refractivity (Wildman–Crippen MR) is 82.3 cm³/mol. The second-order valence-corrected chi connectivity index (χ2v) is 7.72. The Labute approximate surface area is 133 Å². The van der Waals surface area contributed by atoms with Crippen molar-refractivity contribution in [2.45, 2.75) is 17.7 Å². The lowest BCUT2D eigenvalue weighted by atomic mass is 10.0. The number of piperidine rings is 1. The zero-order valence-electron chi connectivity index (χ0n) is 10.6. The van der Waals surface area contributed by atoms with Gasteiger partial charge in [-0.05, 0) is 44.0 Å². The summed E-state index contributed by atoms with van der Waals surface area (Å²) in [7, 11) is -3.74. The summed E-state index contributed by atoms with van der Waals surface area (Å²) in [6, 6.07) is 2.73. The van der Waals surface area contributed by atoms with E-state index in [4.69, 9.17) is 34.8 Å². The molecule has 1 aromatic rings. The summed E-state index contributed by atoms with van der Waals surface area (Å²) in [5, 5.41) is 3.59. The average Bonchev–Trinajstić information content (AvgIpc) is 2.36. The minimum Gasteiger partial charge on any atom is -0.316 e. The summed E-state index contributed by atoms with van der Waals surface area (Å²) in [5.41, 5.74) is 0. The Kier molecular flexibility index (Phi) is 5.56. The molecule has 1 atom stereocenters. The zero-order chi connectivity index (χ0) is 14.8. The molecule has 1 aliphatic rings. The van der Waals surface area contributed by atoms with Crippen molar-refractivity contribution in [1.29, 1.82) is 0 Å². The molecular formula is C12H15Cl3N2O2S. The predicted octanol–water partition coefficient (Wildman–Crippen LogP) is 2.92. The summed E-state index contributed by atoms with van der Waals surface area (Å²) < 4.78 is 27.1. The lowest BCUT2D eigenvalue weighted by Gasteiger charge is -2.23. The number of rotatable bonds is 4. The van der Waals surface area contributed by atoms with E-state index in [-0.39, 0.29) is 20.9 Å². The number of hydrogen-bond acceptors (Lipinski definition) is 3. The van der Waals surface area contributed by atoms with Crippen LogP contribution in [0.15, 0.2) is 17.0 Å². The highest BCUT2D eigenvalue weighted by Crippen LogP contribution is 2.32. The topological polar surface area (TPSA) is 58.2 Å². The molecule has 0 bridgehead atoms. The first-order valence-corrected chi connectivity index (χ1v) is 8.87. The van der Waals surface area contributed by atoms with E-state index >= 15 is 0 Å². The van der Waals surface area contributed by atoms with Gasteiger partial charge in [0.25, 0.3) is 0 Å². The molecule has 0 radical (unpaired) electrons. The molecule has 1 unspecified atom stereocenters. The normalized spacial score (nSPS) is 20.1. The molecule has 20 heavy (non-hydrogen) atoms. The molecule has 0 aromatic heterocycles. The van der Waals surface area contributed by atoms with Gasteiger partial charge in [0.1, 0.15) is 4.90 Å².